The summed E-state index contributed by atoms with van der Waals surface area (Å²) in [6.45, 7) is 0. The van der Waals surface area contributed by atoms with Crippen LogP contribution in [-0.4, -0.2) is 11.3 Å². The maximum absolute atomic E-state index is 12.4. The minimum absolute atomic E-state index is 0.405. The SMILES string of the molecule is Nc1ncc(C(F)F)c(I)c1OC(F)(F)F. The molecule has 2 N–H and O–H groups in total. The lowest BCUT2D eigenvalue weighted by molar-refractivity contribution is -0.274. The van der Waals surface area contributed by atoms with Gasteiger partial charge in [-0.15, -0.1) is 13.2 Å². The van der Waals surface area contributed by atoms with E-state index in [0.717, 1.165) is 0 Å². The molecule has 3 nitrogen and oxygen atoms in total. The maximum atomic E-state index is 12.4. The van der Waals surface area contributed by atoms with Gasteiger partial charge in [-0.3, -0.25) is 0 Å². The molecule has 1 rings (SSSR count). The zero-order valence-electron chi connectivity index (χ0n) is 7.36. The van der Waals surface area contributed by atoms with Crippen LogP contribution in [0.4, 0.5) is 27.8 Å². The van der Waals surface area contributed by atoms with Crippen LogP contribution in [0, 0.1) is 3.57 Å². The average molecular weight is 354 g/mol. The van der Waals surface area contributed by atoms with Crippen LogP contribution in [0.1, 0.15) is 12.0 Å². The van der Waals surface area contributed by atoms with Crippen LogP contribution in [0.2, 0.25) is 0 Å². The molecule has 0 aliphatic heterocycles. The fourth-order valence-electron chi connectivity index (χ4n) is 0.863. The van der Waals surface area contributed by atoms with Gasteiger partial charge in [0.2, 0.25) is 0 Å². The lowest BCUT2D eigenvalue weighted by Gasteiger charge is -2.14. The molecule has 1 aromatic rings. The lowest BCUT2D eigenvalue weighted by Crippen LogP contribution is -2.19. The molecule has 0 atom stereocenters. The van der Waals surface area contributed by atoms with E-state index in [9.17, 15) is 22.0 Å². The number of halogens is 6. The van der Waals surface area contributed by atoms with Gasteiger partial charge in [-0.2, -0.15) is 0 Å². The molecule has 0 unspecified atom stereocenters. The molecule has 0 fully saturated rings. The number of hydrogen-bond acceptors (Lipinski definition) is 3. The zero-order chi connectivity index (χ0) is 12.5. The first kappa shape index (κ1) is 13.2. The quantitative estimate of drug-likeness (QED) is 0.656. The predicted molar refractivity (Wildman–Crippen MR) is 53.0 cm³/mol. The first-order valence-corrected chi connectivity index (χ1v) is 4.78. The Morgan fingerprint density at radius 3 is 2.38 bits per heavy atom. The second kappa shape index (κ2) is 4.55. The summed E-state index contributed by atoms with van der Waals surface area (Å²) in [5.74, 6) is -1.49. The summed E-state index contributed by atoms with van der Waals surface area (Å²) in [5, 5.41) is 0. The Morgan fingerprint density at radius 1 is 1.38 bits per heavy atom. The summed E-state index contributed by atoms with van der Waals surface area (Å²) in [4.78, 5) is 3.21. The Balaban J connectivity index is 3.21. The van der Waals surface area contributed by atoms with Crippen LogP contribution in [-0.2, 0) is 0 Å². The molecule has 0 aliphatic rings. The molecule has 16 heavy (non-hydrogen) atoms. The van der Waals surface area contributed by atoms with Gasteiger partial charge in [-0.05, 0) is 22.6 Å². The summed E-state index contributed by atoms with van der Waals surface area (Å²) in [7, 11) is 0. The van der Waals surface area contributed by atoms with Gasteiger partial charge in [0.15, 0.2) is 11.6 Å². The highest BCUT2D eigenvalue weighted by atomic mass is 127. The molecule has 1 heterocycles. The van der Waals surface area contributed by atoms with Crippen LogP contribution in [0.25, 0.3) is 0 Å². The number of nitrogen functional groups attached to an aromatic ring is 1. The number of hydrogen-bond donors (Lipinski definition) is 1. The number of anilines is 1. The summed E-state index contributed by atoms with van der Waals surface area (Å²) in [5.41, 5.74) is 4.45. The monoisotopic (exact) mass is 354 g/mol. The first-order valence-electron chi connectivity index (χ1n) is 3.70. The third-order valence-electron chi connectivity index (χ3n) is 1.48. The fraction of sp³-hybridized carbons (Fsp3) is 0.286. The summed E-state index contributed by atoms with van der Waals surface area (Å²) in [6, 6.07) is 0. The van der Waals surface area contributed by atoms with E-state index in [1.54, 1.807) is 0 Å². The number of aromatic nitrogens is 1. The number of ether oxygens (including phenoxy) is 1. The highest BCUT2D eigenvalue weighted by Crippen LogP contribution is 2.36. The zero-order valence-corrected chi connectivity index (χ0v) is 9.51. The van der Waals surface area contributed by atoms with Gasteiger partial charge in [0.1, 0.15) is 0 Å². The Morgan fingerprint density at radius 2 is 1.94 bits per heavy atom. The number of nitrogens with two attached hydrogens (primary N) is 1. The Bertz CT molecular complexity index is 395. The fourth-order valence-corrected chi connectivity index (χ4v) is 1.62. The molecule has 0 radical (unpaired) electrons. The Kier molecular flexibility index (Phi) is 3.76. The maximum Gasteiger partial charge on any atom is 0.573 e. The topological polar surface area (TPSA) is 48.1 Å². The van der Waals surface area contributed by atoms with Gasteiger partial charge in [0, 0.05) is 6.20 Å². The van der Waals surface area contributed by atoms with E-state index in [0.29, 0.717) is 6.20 Å². The van der Waals surface area contributed by atoms with Crippen molar-refractivity contribution in [1.82, 2.24) is 4.98 Å². The van der Waals surface area contributed by atoms with Crippen molar-refractivity contribution in [3.63, 3.8) is 0 Å². The second-order valence-corrected chi connectivity index (χ2v) is 3.67. The molecule has 0 spiro atoms. The van der Waals surface area contributed by atoms with E-state index in [2.05, 4.69) is 9.72 Å². The van der Waals surface area contributed by atoms with E-state index in [1.165, 1.54) is 22.6 Å². The van der Waals surface area contributed by atoms with Gasteiger partial charge in [-0.1, -0.05) is 0 Å². The van der Waals surface area contributed by atoms with Gasteiger partial charge < -0.3 is 10.5 Å². The van der Waals surface area contributed by atoms with Crippen LogP contribution < -0.4 is 10.5 Å². The van der Waals surface area contributed by atoms with Gasteiger partial charge in [0.25, 0.3) is 6.43 Å². The van der Waals surface area contributed by atoms with E-state index >= 15 is 0 Å². The van der Waals surface area contributed by atoms with Gasteiger partial charge in [0.05, 0.1) is 9.13 Å². The van der Waals surface area contributed by atoms with E-state index < -0.39 is 33.5 Å². The molecule has 1 aromatic heterocycles. The normalized spacial score (nSPS) is 11.9. The van der Waals surface area contributed by atoms with E-state index in [-0.39, 0.29) is 0 Å². The number of alkyl halides is 5. The van der Waals surface area contributed by atoms with Crippen molar-refractivity contribution in [3.05, 3.63) is 15.3 Å². The minimum Gasteiger partial charge on any atom is -0.401 e. The number of pyridine rings is 1. The van der Waals surface area contributed by atoms with Gasteiger partial charge >= 0.3 is 6.36 Å². The van der Waals surface area contributed by atoms with Crippen LogP contribution in [0.5, 0.6) is 5.75 Å². The summed E-state index contributed by atoms with van der Waals surface area (Å²) >= 11 is 1.30. The largest absolute Gasteiger partial charge is 0.573 e. The molecule has 90 valence electrons. The molecule has 0 aromatic carbocycles. The van der Waals surface area contributed by atoms with Crippen molar-refractivity contribution in [1.29, 1.82) is 0 Å². The molecule has 0 amide bonds. The summed E-state index contributed by atoms with van der Waals surface area (Å²) < 4.78 is 63.6. The smallest absolute Gasteiger partial charge is 0.401 e. The predicted octanol–water partition coefficient (Wildman–Crippen LogP) is 3.10. The minimum atomic E-state index is -5.00. The van der Waals surface area contributed by atoms with E-state index in [4.69, 9.17) is 5.73 Å². The summed E-state index contributed by atoms with van der Waals surface area (Å²) in [6.07, 6.45) is -7.24. The van der Waals surface area contributed by atoms with Crippen LogP contribution in [0.15, 0.2) is 6.20 Å². The third kappa shape index (κ3) is 3.06. The van der Waals surface area contributed by atoms with Crippen molar-refractivity contribution in [3.8, 4) is 5.75 Å². The molecule has 0 saturated carbocycles. The second-order valence-electron chi connectivity index (χ2n) is 2.59. The Hall–Kier alpha value is -0.870. The van der Waals surface area contributed by atoms with Crippen molar-refractivity contribution in [2.75, 3.05) is 5.73 Å². The Labute approximate surface area is 99.9 Å². The van der Waals surface area contributed by atoms with E-state index in [1.807, 2.05) is 0 Å². The molecule has 9 heteroatoms. The standard InChI is InChI=1S/C7H4F5IN2O/c8-5(9)2-1-15-6(14)4(3(2)13)16-7(10,11)12/h1,5H,(H2,14,15). The van der Waals surface area contributed by atoms with Crippen molar-refractivity contribution < 1.29 is 26.7 Å². The molecule has 0 aliphatic carbocycles. The highest BCUT2D eigenvalue weighted by Gasteiger charge is 2.34. The van der Waals surface area contributed by atoms with Crippen molar-refractivity contribution >= 4 is 28.4 Å². The van der Waals surface area contributed by atoms with Crippen LogP contribution in [0.3, 0.4) is 0 Å². The lowest BCUT2D eigenvalue weighted by atomic mass is 10.3. The number of nitrogens with zero attached hydrogens (tertiary/aromatic N) is 1. The molecule has 0 saturated heterocycles. The highest BCUT2D eigenvalue weighted by molar-refractivity contribution is 14.1. The number of rotatable bonds is 2. The van der Waals surface area contributed by atoms with Crippen molar-refractivity contribution in [2.45, 2.75) is 12.8 Å². The average Bonchev–Trinajstić information content (AvgIpc) is 2.10. The third-order valence-corrected chi connectivity index (χ3v) is 2.59. The first-order chi connectivity index (χ1) is 7.22. The molecule has 0 bridgehead atoms. The van der Waals surface area contributed by atoms with Gasteiger partial charge in [-0.25, -0.2) is 13.8 Å². The van der Waals surface area contributed by atoms with Crippen LogP contribution >= 0.6 is 22.6 Å². The molecular weight excluding hydrogens is 350 g/mol. The van der Waals surface area contributed by atoms with Crippen molar-refractivity contribution in [2.24, 2.45) is 0 Å². The molecular formula is C7H4F5IN2O.